The predicted octanol–water partition coefficient (Wildman–Crippen LogP) is 4.23. The van der Waals surface area contributed by atoms with E-state index in [0.717, 1.165) is 5.56 Å². The van der Waals surface area contributed by atoms with Crippen LogP contribution in [0.2, 0.25) is 5.02 Å². The Bertz CT molecular complexity index is 673. The molecule has 0 saturated heterocycles. The zero-order chi connectivity index (χ0) is 14.8. The van der Waals surface area contributed by atoms with Gasteiger partial charge in [0.1, 0.15) is 23.9 Å². The second kappa shape index (κ2) is 5.92. The minimum atomic E-state index is -0.336. The molecule has 0 saturated carbocycles. The third-order valence-electron chi connectivity index (χ3n) is 3.22. The largest absolute Gasteiger partial charge is 0.487 e. The summed E-state index contributed by atoms with van der Waals surface area (Å²) in [5.74, 6) is 0.866. The fraction of sp³-hybridized carbons (Fsp3) is 0.250. The lowest BCUT2D eigenvalue weighted by atomic mass is 10.1. The van der Waals surface area contributed by atoms with Gasteiger partial charge in [-0.3, -0.25) is 0 Å². The first-order chi connectivity index (χ1) is 10.1. The lowest BCUT2D eigenvalue weighted by Crippen LogP contribution is -2.14. The molecule has 0 amide bonds. The number of hydrogen-bond acceptors (Lipinski definition) is 3. The fourth-order valence-corrected chi connectivity index (χ4v) is 2.41. The van der Waals surface area contributed by atoms with Gasteiger partial charge >= 0.3 is 0 Å². The molecule has 0 aromatic heterocycles. The minimum absolute atomic E-state index is 0.164. The molecule has 1 heterocycles. The maximum absolute atomic E-state index is 13.6. The van der Waals surface area contributed by atoms with Crippen LogP contribution in [-0.2, 0) is 18.0 Å². The lowest BCUT2D eigenvalue weighted by Gasteiger charge is -2.21. The lowest BCUT2D eigenvalue weighted by molar-refractivity contribution is -0.0178. The van der Waals surface area contributed by atoms with E-state index in [1.165, 1.54) is 12.1 Å². The number of benzene rings is 2. The van der Waals surface area contributed by atoms with Gasteiger partial charge in [0.05, 0.1) is 11.6 Å². The van der Waals surface area contributed by atoms with E-state index in [2.05, 4.69) is 0 Å². The molecule has 1 aliphatic rings. The molecule has 0 N–H and O–H groups in total. The van der Waals surface area contributed by atoms with E-state index < -0.39 is 0 Å². The SMILES string of the molecule is Cc1ccc(Cl)c(OCc2cc(F)cc3c2OCOC3)c1. The molecule has 3 rings (SSSR count). The van der Waals surface area contributed by atoms with Crippen molar-refractivity contribution in [3.8, 4) is 11.5 Å². The van der Waals surface area contributed by atoms with E-state index in [1.54, 1.807) is 6.07 Å². The maximum atomic E-state index is 13.6. The van der Waals surface area contributed by atoms with Crippen molar-refractivity contribution in [1.82, 2.24) is 0 Å². The molecule has 0 atom stereocenters. The summed E-state index contributed by atoms with van der Waals surface area (Å²) < 4.78 is 29.9. The molecule has 2 aromatic rings. The summed E-state index contributed by atoms with van der Waals surface area (Å²) in [4.78, 5) is 0. The summed E-state index contributed by atoms with van der Waals surface area (Å²) in [5.41, 5.74) is 2.38. The van der Waals surface area contributed by atoms with Crippen molar-refractivity contribution in [1.29, 1.82) is 0 Å². The van der Waals surface area contributed by atoms with E-state index >= 15 is 0 Å². The first kappa shape index (κ1) is 14.2. The van der Waals surface area contributed by atoms with Gasteiger partial charge in [0.2, 0.25) is 0 Å². The van der Waals surface area contributed by atoms with Crippen molar-refractivity contribution in [3.05, 3.63) is 57.9 Å². The molecule has 0 bridgehead atoms. The zero-order valence-corrected chi connectivity index (χ0v) is 12.2. The molecule has 0 radical (unpaired) electrons. The van der Waals surface area contributed by atoms with E-state index in [-0.39, 0.29) is 19.2 Å². The maximum Gasteiger partial charge on any atom is 0.189 e. The Morgan fingerprint density at radius 3 is 3.00 bits per heavy atom. The fourth-order valence-electron chi connectivity index (χ4n) is 2.24. The van der Waals surface area contributed by atoms with Crippen LogP contribution in [0, 0.1) is 12.7 Å². The van der Waals surface area contributed by atoms with Gasteiger partial charge in [0.15, 0.2) is 6.79 Å². The summed E-state index contributed by atoms with van der Waals surface area (Å²) in [6.07, 6.45) is 0. The highest BCUT2D eigenvalue weighted by molar-refractivity contribution is 6.32. The van der Waals surface area contributed by atoms with Crippen molar-refractivity contribution < 1.29 is 18.6 Å². The molecule has 1 aliphatic heterocycles. The van der Waals surface area contributed by atoms with Gasteiger partial charge in [0.25, 0.3) is 0 Å². The topological polar surface area (TPSA) is 27.7 Å². The second-order valence-corrected chi connectivity index (χ2v) is 5.29. The van der Waals surface area contributed by atoms with Gasteiger partial charge in [-0.25, -0.2) is 4.39 Å². The number of ether oxygens (including phenoxy) is 3. The van der Waals surface area contributed by atoms with Crippen molar-refractivity contribution in [2.24, 2.45) is 0 Å². The van der Waals surface area contributed by atoms with Crippen LogP contribution in [0.1, 0.15) is 16.7 Å². The van der Waals surface area contributed by atoms with Gasteiger partial charge in [-0.1, -0.05) is 17.7 Å². The Kier molecular flexibility index (Phi) is 3.99. The number of aryl methyl sites for hydroxylation is 1. The van der Waals surface area contributed by atoms with E-state index in [9.17, 15) is 4.39 Å². The molecule has 0 unspecified atom stereocenters. The summed E-state index contributed by atoms with van der Waals surface area (Å²) in [6, 6.07) is 8.35. The highest BCUT2D eigenvalue weighted by atomic mass is 35.5. The molecule has 2 aromatic carbocycles. The average molecular weight is 309 g/mol. The summed E-state index contributed by atoms with van der Waals surface area (Å²) in [6.45, 7) is 2.64. The third-order valence-corrected chi connectivity index (χ3v) is 3.53. The Hall–Kier alpha value is -1.78. The van der Waals surface area contributed by atoms with E-state index in [4.69, 9.17) is 25.8 Å². The van der Waals surface area contributed by atoms with Crippen LogP contribution >= 0.6 is 11.6 Å². The Labute approximate surface area is 127 Å². The third kappa shape index (κ3) is 3.12. The van der Waals surface area contributed by atoms with Crippen molar-refractivity contribution >= 4 is 11.6 Å². The average Bonchev–Trinajstić information content (AvgIpc) is 2.47. The molecule has 5 heteroatoms. The quantitative estimate of drug-likeness (QED) is 0.849. The standard InChI is InChI=1S/C16H14ClFO3/c1-10-2-3-14(17)15(4-10)20-8-12-6-13(18)5-11-7-19-9-21-16(11)12/h2-6H,7-9H2,1H3. The highest BCUT2D eigenvalue weighted by Gasteiger charge is 2.17. The number of rotatable bonds is 3. The van der Waals surface area contributed by atoms with Crippen LogP contribution in [0.15, 0.2) is 30.3 Å². The Morgan fingerprint density at radius 2 is 2.14 bits per heavy atom. The number of fused-ring (bicyclic) bond motifs is 1. The molecular weight excluding hydrogens is 295 g/mol. The van der Waals surface area contributed by atoms with Gasteiger partial charge in [-0.05, 0) is 36.8 Å². The first-order valence-electron chi connectivity index (χ1n) is 6.54. The Balaban J connectivity index is 1.85. The van der Waals surface area contributed by atoms with E-state index in [0.29, 0.717) is 34.3 Å². The molecule has 0 aliphatic carbocycles. The van der Waals surface area contributed by atoms with Gasteiger partial charge in [-0.15, -0.1) is 0 Å². The summed E-state index contributed by atoms with van der Waals surface area (Å²) >= 11 is 6.09. The minimum Gasteiger partial charge on any atom is -0.487 e. The Morgan fingerprint density at radius 1 is 1.29 bits per heavy atom. The van der Waals surface area contributed by atoms with Crippen LogP contribution in [0.3, 0.4) is 0 Å². The molecule has 110 valence electrons. The van der Waals surface area contributed by atoms with Crippen LogP contribution in [0.25, 0.3) is 0 Å². The number of halogens is 2. The summed E-state index contributed by atoms with van der Waals surface area (Å²) in [5, 5.41) is 0.523. The second-order valence-electron chi connectivity index (χ2n) is 4.89. The predicted molar refractivity (Wildman–Crippen MR) is 77.2 cm³/mol. The molecule has 0 spiro atoms. The van der Waals surface area contributed by atoms with Gasteiger partial charge < -0.3 is 14.2 Å². The first-order valence-corrected chi connectivity index (χ1v) is 6.92. The smallest absolute Gasteiger partial charge is 0.189 e. The van der Waals surface area contributed by atoms with Crippen LogP contribution in [-0.4, -0.2) is 6.79 Å². The highest BCUT2D eigenvalue weighted by Crippen LogP contribution is 2.32. The normalized spacial score (nSPS) is 13.5. The van der Waals surface area contributed by atoms with Crippen molar-refractivity contribution in [2.75, 3.05) is 6.79 Å². The monoisotopic (exact) mass is 308 g/mol. The number of hydrogen-bond donors (Lipinski definition) is 0. The van der Waals surface area contributed by atoms with Crippen LogP contribution in [0.4, 0.5) is 4.39 Å². The molecular formula is C16H14ClFO3. The molecule has 0 fully saturated rings. The van der Waals surface area contributed by atoms with Gasteiger partial charge in [0, 0.05) is 11.1 Å². The molecule has 3 nitrogen and oxygen atoms in total. The van der Waals surface area contributed by atoms with Crippen LogP contribution in [0.5, 0.6) is 11.5 Å². The van der Waals surface area contributed by atoms with E-state index in [1.807, 2.05) is 19.1 Å². The van der Waals surface area contributed by atoms with Crippen molar-refractivity contribution in [3.63, 3.8) is 0 Å². The van der Waals surface area contributed by atoms with Crippen molar-refractivity contribution in [2.45, 2.75) is 20.1 Å². The van der Waals surface area contributed by atoms with Crippen LogP contribution < -0.4 is 9.47 Å². The van der Waals surface area contributed by atoms with Gasteiger partial charge in [-0.2, -0.15) is 0 Å². The summed E-state index contributed by atoms with van der Waals surface area (Å²) in [7, 11) is 0. The zero-order valence-electron chi connectivity index (χ0n) is 11.5. The molecule has 21 heavy (non-hydrogen) atoms.